The number of benzene rings is 2. The van der Waals surface area contributed by atoms with Crippen molar-refractivity contribution in [1.29, 1.82) is 0 Å². The molecule has 3 aromatic rings. The normalized spacial score (nSPS) is 18.0. The Labute approximate surface area is 175 Å². The first-order valence-electron chi connectivity index (χ1n) is 9.98. The summed E-state index contributed by atoms with van der Waals surface area (Å²) in [6, 6.07) is 12.5. The standard InChI is InChI=1S/C21H24N4O4S/c1-14(2)15-8-10-17(11-9-15)22-21(26)16-5-4-12-25(13-16)30(27,28)19-7-3-6-18-20(19)24-29-23-18/h3,6-11,14,16H,4-5,12-13H2,1-2H3,(H,22,26)/t16-/m1/s1. The van der Waals surface area contributed by atoms with Crippen LogP contribution in [0.1, 0.15) is 38.2 Å². The van der Waals surface area contributed by atoms with Crippen LogP contribution in [0.25, 0.3) is 11.0 Å². The first-order chi connectivity index (χ1) is 14.4. The van der Waals surface area contributed by atoms with E-state index in [2.05, 4.69) is 34.1 Å². The number of aromatic nitrogens is 2. The van der Waals surface area contributed by atoms with Gasteiger partial charge in [0, 0.05) is 18.8 Å². The summed E-state index contributed by atoms with van der Waals surface area (Å²) in [5.41, 5.74) is 2.49. The summed E-state index contributed by atoms with van der Waals surface area (Å²) >= 11 is 0. The van der Waals surface area contributed by atoms with Crippen LogP contribution in [0.15, 0.2) is 52.0 Å². The summed E-state index contributed by atoms with van der Waals surface area (Å²) in [6.07, 6.45) is 1.24. The minimum Gasteiger partial charge on any atom is -0.326 e. The Morgan fingerprint density at radius 1 is 1.17 bits per heavy atom. The Balaban J connectivity index is 1.50. The minimum atomic E-state index is -3.82. The molecule has 0 aliphatic carbocycles. The van der Waals surface area contributed by atoms with Gasteiger partial charge >= 0.3 is 0 Å². The average molecular weight is 429 g/mol. The smallest absolute Gasteiger partial charge is 0.245 e. The van der Waals surface area contributed by atoms with E-state index in [-0.39, 0.29) is 22.9 Å². The van der Waals surface area contributed by atoms with Gasteiger partial charge in [-0.1, -0.05) is 32.0 Å². The maximum Gasteiger partial charge on any atom is 0.245 e. The van der Waals surface area contributed by atoms with E-state index >= 15 is 0 Å². The van der Waals surface area contributed by atoms with E-state index in [1.807, 2.05) is 24.3 Å². The number of piperidine rings is 1. The quantitative estimate of drug-likeness (QED) is 0.668. The van der Waals surface area contributed by atoms with Gasteiger partial charge in [-0.15, -0.1) is 0 Å². The van der Waals surface area contributed by atoms with Crippen molar-refractivity contribution in [2.75, 3.05) is 18.4 Å². The maximum atomic E-state index is 13.2. The van der Waals surface area contributed by atoms with Crippen molar-refractivity contribution in [2.45, 2.75) is 37.5 Å². The van der Waals surface area contributed by atoms with Gasteiger partial charge in [-0.3, -0.25) is 4.79 Å². The van der Waals surface area contributed by atoms with Gasteiger partial charge in [-0.2, -0.15) is 4.31 Å². The lowest BCUT2D eigenvalue weighted by atomic mass is 9.98. The van der Waals surface area contributed by atoms with Crippen molar-refractivity contribution in [3.8, 4) is 0 Å². The molecule has 1 fully saturated rings. The van der Waals surface area contributed by atoms with Crippen LogP contribution in [-0.4, -0.2) is 42.0 Å². The second kappa shape index (κ2) is 8.16. The summed E-state index contributed by atoms with van der Waals surface area (Å²) in [5.74, 6) is -0.183. The molecule has 1 N–H and O–H groups in total. The number of anilines is 1. The molecule has 30 heavy (non-hydrogen) atoms. The highest BCUT2D eigenvalue weighted by molar-refractivity contribution is 7.89. The van der Waals surface area contributed by atoms with Crippen molar-refractivity contribution < 1.29 is 17.8 Å². The molecular formula is C21H24N4O4S. The van der Waals surface area contributed by atoms with Crippen molar-refractivity contribution in [3.05, 3.63) is 48.0 Å². The SMILES string of the molecule is CC(C)c1ccc(NC(=O)[C@@H]2CCCN(S(=O)(=O)c3cccc4nonc34)C2)cc1. The lowest BCUT2D eigenvalue weighted by Crippen LogP contribution is -2.43. The van der Waals surface area contributed by atoms with Crippen LogP contribution in [0.5, 0.6) is 0 Å². The number of nitrogens with zero attached hydrogens (tertiary/aromatic N) is 3. The summed E-state index contributed by atoms with van der Waals surface area (Å²) < 4.78 is 32.5. The third-order valence-corrected chi connectivity index (χ3v) is 7.36. The molecule has 158 valence electrons. The molecule has 0 unspecified atom stereocenters. The van der Waals surface area contributed by atoms with E-state index in [1.165, 1.54) is 15.9 Å². The van der Waals surface area contributed by atoms with Crippen LogP contribution >= 0.6 is 0 Å². The number of nitrogens with one attached hydrogen (secondary N) is 1. The molecule has 0 saturated carbocycles. The molecule has 1 saturated heterocycles. The lowest BCUT2D eigenvalue weighted by molar-refractivity contribution is -0.120. The van der Waals surface area contributed by atoms with Crippen molar-refractivity contribution in [2.24, 2.45) is 5.92 Å². The van der Waals surface area contributed by atoms with Crippen molar-refractivity contribution in [3.63, 3.8) is 0 Å². The molecule has 1 atom stereocenters. The molecule has 1 aromatic heterocycles. The van der Waals surface area contributed by atoms with E-state index in [4.69, 9.17) is 0 Å². The summed E-state index contributed by atoms with van der Waals surface area (Å²) in [7, 11) is -3.82. The average Bonchev–Trinajstić information content (AvgIpc) is 3.23. The molecule has 8 nitrogen and oxygen atoms in total. The molecule has 9 heteroatoms. The topological polar surface area (TPSA) is 105 Å². The van der Waals surface area contributed by atoms with Crippen LogP contribution in [-0.2, 0) is 14.8 Å². The Morgan fingerprint density at radius 2 is 1.93 bits per heavy atom. The number of hydrogen-bond acceptors (Lipinski definition) is 6. The van der Waals surface area contributed by atoms with E-state index in [9.17, 15) is 13.2 Å². The third-order valence-electron chi connectivity index (χ3n) is 5.47. The van der Waals surface area contributed by atoms with E-state index in [0.717, 1.165) is 0 Å². The molecule has 2 heterocycles. The molecule has 4 rings (SSSR count). The number of carbonyl (C=O) groups is 1. The summed E-state index contributed by atoms with van der Waals surface area (Å²) in [4.78, 5) is 12.8. The molecule has 0 spiro atoms. The minimum absolute atomic E-state index is 0.0478. The van der Waals surface area contributed by atoms with Crippen LogP contribution < -0.4 is 5.32 Å². The van der Waals surface area contributed by atoms with Crippen LogP contribution in [0.2, 0.25) is 0 Å². The monoisotopic (exact) mass is 428 g/mol. The van der Waals surface area contributed by atoms with E-state index in [1.54, 1.807) is 12.1 Å². The van der Waals surface area contributed by atoms with Gasteiger partial charge in [0.15, 0.2) is 5.52 Å². The highest BCUT2D eigenvalue weighted by Gasteiger charge is 2.34. The molecule has 2 aromatic carbocycles. The molecule has 0 bridgehead atoms. The lowest BCUT2D eigenvalue weighted by Gasteiger charge is -2.31. The zero-order chi connectivity index (χ0) is 21.3. The fourth-order valence-electron chi connectivity index (χ4n) is 3.70. The predicted octanol–water partition coefficient (Wildman–Crippen LogP) is 3.39. The Morgan fingerprint density at radius 3 is 2.67 bits per heavy atom. The first kappa shape index (κ1) is 20.5. The Hall–Kier alpha value is -2.78. The maximum absolute atomic E-state index is 13.2. The molecule has 1 aliphatic rings. The first-order valence-corrected chi connectivity index (χ1v) is 11.4. The second-order valence-electron chi connectivity index (χ2n) is 7.86. The zero-order valence-electron chi connectivity index (χ0n) is 16.9. The fraction of sp³-hybridized carbons (Fsp3) is 0.381. The highest BCUT2D eigenvalue weighted by Crippen LogP contribution is 2.28. The number of rotatable bonds is 5. The third kappa shape index (κ3) is 3.95. The molecule has 1 amide bonds. The van der Waals surface area contributed by atoms with Gasteiger partial charge in [0.2, 0.25) is 15.9 Å². The molecular weight excluding hydrogens is 404 g/mol. The summed E-state index contributed by atoms with van der Waals surface area (Å²) in [5, 5.41) is 10.4. The largest absolute Gasteiger partial charge is 0.326 e. The van der Waals surface area contributed by atoms with Gasteiger partial charge in [0.25, 0.3) is 0 Å². The fourth-order valence-corrected chi connectivity index (χ4v) is 5.36. The van der Waals surface area contributed by atoms with Crippen molar-refractivity contribution >= 4 is 32.7 Å². The zero-order valence-corrected chi connectivity index (χ0v) is 17.7. The van der Waals surface area contributed by atoms with Gasteiger partial charge in [0.05, 0.1) is 5.92 Å². The van der Waals surface area contributed by atoms with Crippen LogP contribution in [0, 0.1) is 5.92 Å². The number of fused-ring (bicyclic) bond motifs is 1. The van der Waals surface area contributed by atoms with Gasteiger partial charge < -0.3 is 5.32 Å². The predicted molar refractivity (Wildman–Crippen MR) is 112 cm³/mol. The number of amides is 1. The van der Waals surface area contributed by atoms with E-state index in [0.29, 0.717) is 36.5 Å². The molecule has 1 aliphatic heterocycles. The highest BCUT2D eigenvalue weighted by atomic mass is 32.2. The second-order valence-corrected chi connectivity index (χ2v) is 9.76. The Bertz CT molecular complexity index is 1160. The van der Waals surface area contributed by atoms with Crippen LogP contribution in [0.3, 0.4) is 0 Å². The molecule has 0 radical (unpaired) electrons. The van der Waals surface area contributed by atoms with Crippen molar-refractivity contribution in [1.82, 2.24) is 14.6 Å². The van der Waals surface area contributed by atoms with Crippen LogP contribution in [0.4, 0.5) is 5.69 Å². The number of sulfonamides is 1. The summed E-state index contributed by atoms with van der Waals surface area (Å²) in [6.45, 7) is 4.71. The van der Waals surface area contributed by atoms with E-state index < -0.39 is 15.9 Å². The Kier molecular flexibility index (Phi) is 5.57. The van der Waals surface area contributed by atoms with Gasteiger partial charge in [-0.05, 0) is 58.9 Å². The van der Waals surface area contributed by atoms with Gasteiger partial charge in [-0.25, -0.2) is 13.0 Å². The van der Waals surface area contributed by atoms with Gasteiger partial charge in [0.1, 0.15) is 10.4 Å². The number of hydrogen-bond donors (Lipinski definition) is 1. The number of carbonyl (C=O) groups excluding carboxylic acids is 1.